The highest BCUT2D eigenvalue weighted by molar-refractivity contribution is 5.86. The number of allylic oxidation sites excluding steroid dienone is 1. The van der Waals surface area contributed by atoms with Gasteiger partial charge >= 0.3 is 0 Å². The maximum atomic E-state index is 13.6. The Labute approximate surface area is 233 Å². The fourth-order valence-electron chi connectivity index (χ4n) is 12.1. The van der Waals surface area contributed by atoms with E-state index in [0.717, 1.165) is 36.5 Å². The van der Waals surface area contributed by atoms with Crippen molar-refractivity contribution in [1.29, 1.82) is 0 Å². The van der Waals surface area contributed by atoms with Gasteiger partial charge in [-0.1, -0.05) is 54.5 Å². The van der Waals surface area contributed by atoms with Gasteiger partial charge in [0.2, 0.25) is 0 Å². The fraction of sp³-hybridized carbons (Fsp3) is 0.914. The Morgan fingerprint density at radius 2 is 1.63 bits per heavy atom. The predicted octanol–water partition coefficient (Wildman–Crippen LogP) is 8.59. The van der Waals surface area contributed by atoms with Crippen molar-refractivity contribution in [2.24, 2.45) is 62.6 Å². The van der Waals surface area contributed by atoms with Crippen molar-refractivity contribution in [1.82, 2.24) is 0 Å². The van der Waals surface area contributed by atoms with E-state index in [1.807, 2.05) is 13.0 Å². The van der Waals surface area contributed by atoms with Gasteiger partial charge in [-0.3, -0.25) is 4.79 Å². The number of hydrogen-bond donors (Lipinski definition) is 1. The second-order valence-corrected chi connectivity index (χ2v) is 16.4. The van der Waals surface area contributed by atoms with Crippen molar-refractivity contribution in [2.75, 3.05) is 6.61 Å². The van der Waals surface area contributed by atoms with Crippen LogP contribution in [0.3, 0.4) is 0 Å². The summed E-state index contributed by atoms with van der Waals surface area (Å²) in [5.74, 6) is 3.34. The minimum absolute atomic E-state index is 0.145. The second kappa shape index (κ2) is 9.17. The van der Waals surface area contributed by atoms with E-state index in [2.05, 4.69) is 48.5 Å². The molecule has 0 radical (unpaired) electrons. The molecule has 38 heavy (non-hydrogen) atoms. The summed E-state index contributed by atoms with van der Waals surface area (Å²) < 4.78 is 6.08. The first-order chi connectivity index (χ1) is 17.6. The minimum Gasteiger partial charge on any atom is -0.362 e. The summed E-state index contributed by atoms with van der Waals surface area (Å²) in [6.45, 7) is 21.8. The van der Waals surface area contributed by atoms with Crippen LogP contribution in [0.4, 0.5) is 0 Å². The molecule has 3 heteroatoms. The Morgan fingerprint density at radius 1 is 0.921 bits per heavy atom. The predicted molar refractivity (Wildman–Crippen MR) is 155 cm³/mol. The van der Waals surface area contributed by atoms with Gasteiger partial charge < -0.3 is 9.84 Å². The molecule has 12 atom stereocenters. The summed E-state index contributed by atoms with van der Waals surface area (Å²) in [7, 11) is 0. The first kappa shape index (κ1) is 28.8. The van der Waals surface area contributed by atoms with Crippen LogP contribution in [0.5, 0.6) is 0 Å². The number of rotatable bonds is 4. The van der Waals surface area contributed by atoms with Crippen LogP contribution in [-0.4, -0.2) is 23.3 Å². The lowest BCUT2D eigenvalue weighted by molar-refractivity contribution is -0.253. The highest BCUT2D eigenvalue weighted by Gasteiger charge is 2.70. The van der Waals surface area contributed by atoms with E-state index in [4.69, 9.17) is 4.74 Å². The SMILES string of the molecule is C/C=C/C(C)(O)OCC1(C)C(=O)CCC2(C)C1CCC1(C)C2CCC2C3C(C)C(C)CCC3(C)CCC21C. The van der Waals surface area contributed by atoms with Gasteiger partial charge in [-0.05, 0) is 135 Å². The molecule has 0 amide bonds. The molecule has 5 saturated carbocycles. The molecule has 0 saturated heterocycles. The lowest BCUT2D eigenvalue weighted by Crippen LogP contribution is -2.67. The van der Waals surface area contributed by atoms with Crippen molar-refractivity contribution >= 4 is 5.78 Å². The van der Waals surface area contributed by atoms with Crippen LogP contribution in [0.25, 0.3) is 0 Å². The number of carbonyl (C=O) groups is 1. The zero-order valence-electron chi connectivity index (χ0n) is 26.2. The van der Waals surface area contributed by atoms with Crippen LogP contribution < -0.4 is 0 Å². The molecule has 0 heterocycles. The third kappa shape index (κ3) is 3.90. The van der Waals surface area contributed by atoms with Crippen LogP contribution in [0.1, 0.15) is 127 Å². The molecule has 0 aromatic rings. The monoisotopic (exact) mass is 526 g/mol. The third-order valence-electron chi connectivity index (χ3n) is 14.7. The lowest BCUT2D eigenvalue weighted by Gasteiger charge is -2.73. The van der Waals surface area contributed by atoms with Crippen LogP contribution in [0.2, 0.25) is 0 Å². The van der Waals surface area contributed by atoms with Gasteiger partial charge in [0.05, 0.1) is 12.0 Å². The number of ether oxygens (including phenoxy) is 1. The van der Waals surface area contributed by atoms with E-state index >= 15 is 0 Å². The molecule has 216 valence electrons. The van der Waals surface area contributed by atoms with Crippen LogP contribution >= 0.6 is 0 Å². The molecule has 3 nitrogen and oxygen atoms in total. The van der Waals surface area contributed by atoms with E-state index in [9.17, 15) is 9.90 Å². The van der Waals surface area contributed by atoms with Crippen molar-refractivity contribution in [2.45, 2.75) is 132 Å². The van der Waals surface area contributed by atoms with Crippen LogP contribution in [0.15, 0.2) is 12.2 Å². The maximum absolute atomic E-state index is 13.6. The molecule has 0 aromatic heterocycles. The Kier molecular flexibility index (Phi) is 6.96. The minimum atomic E-state index is -1.33. The van der Waals surface area contributed by atoms with E-state index in [0.29, 0.717) is 46.9 Å². The van der Waals surface area contributed by atoms with Gasteiger partial charge in [-0.2, -0.15) is 0 Å². The van der Waals surface area contributed by atoms with E-state index in [1.54, 1.807) is 13.0 Å². The van der Waals surface area contributed by atoms with E-state index in [1.165, 1.54) is 44.9 Å². The Morgan fingerprint density at radius 3 is 2.32 bits per heavy atom. The van der Waals surface area contributed by atoms with Gasteiger partial charge in [0.15, 0.2) is 5.79 Å². The highest BCUT2D eigenvalue weighted by Crippen LogP contribution is 2.76. The topological polar surface area (TPSA) is 46.5 Å². The average Bonchev–Trinajstić information content (AvgIpc) is 2.84. The smallest absolute Gasteiger partial charge is 0.182 e. The summed E-state index contributed by atoms with van der Waals surface area (Å²) >= 11 is 0. The summed E-state index contributed by atoms with van der Waals surface area (Å²) in [5, 5.41) is 10.7. The first-order valence-corrected chi connectivity index (χ1v) is 16.1. The number of ketones is 1. The van der Waals surface area contributed by atoms with Gasteiger partial charge in [0, 0.05) is 6.42 Å². The molecule has 5 fully saturated rings. The number of aliphatic hydroxyl groups is 1. The number of carbonyl (C=O) groups excluding carboxylic acids is 1. The summed E-state index contributed by atoms with van der Waals surface area (Å²) in [6, 6.07) is 0. The number of hydrogen-bond acceptors (Lipinski definition) is 3. The Bertz CT molecular complexity index is 968. The molecular formula is C35H58O3. The molecule has 5 aliphatic carbocycles. The summed E-state index contributed by atoms with van der Waals surface area (Å²) in [5.41, 5.74) is 0.837. The molecule has 1 N–H and O–H groups in total. The average molecular weight is 527 g/mol. The third-order valence-corrected chi connectivity index (χ3v) is 14.7. The first-order valence-electron chi connectivity index (χ1n) is 16.1. The van der Waals surface area contributed by atoms with E-state index in [-0.39, 0.29) is 5.41 Å². The normalized spacial score (nSPS) is 54.4. The van der Waals surface area contributed by atoms with Crippen molar-refractivity contribution in [3.05, 3.63) is 12.2 Å². The molecule has 0 aromatic carbocycles. The van der Waals surface area contributed by atoms with Crippen molar-refractivity contribution < 1.29 is 14.6 Å². The second-order valence-electron chi connectivity index (χ2n) is 16.4. The van der Waals surface area contributed by atoms with Crippen LogP contribution in [0, 0.1) is 62.6 Å². The van der Waals surface area contributed by atoms with Gasteiger partial charge in [0.25, 0.3) is 0 Å². The quantitative estimate of drug-likeness (QED) is 0.295. The maximum Gasteiger partial charge on any atom is 0.182 e. The fourth-order valence-corrected chi connectivity index (χ4v) is 12.1. The molecule has 0 bridgehead atoms. The standard InChI is InChI=1S/C35H58O3/c1-10-16-35(9,37)38-22-32(6)26-14-19-34(8)27(31(26,5)18-15-28(32)36)12-11-25-29-24(3)23(2)13-17-30(29,4)20-21-33(25,34)7/h10,16,23-27,29,37H,11-15,17-22H2,1-9H3/b16-10+. The van der Waals surface area contributed by atoms with E-state index < -0.39 is 11.2 Å². The zero-order chi connectivity index (χ0) is 27.9. The largest absolute Gasteiger partial charge is 0.362 e. The van der Waals surface area contributed by atoms with Crippen LogP contribution in [-0.2, 0) is 9.53 Å². The number of fused-ring (bicyclic) bond motifs is 7. The van der Waals surface area contributed by atoms with Gasteiger partial charge in [-0.15, -0.1) is 0 Å². The van der Waals surface area contributed by atoms with Crippen molar-refractivity contribution in [3.63, 3.8) is 0 Å². The molecular weight excluding hydrogens is 468 g/mol. The summed E-state index contributed by atoms with van der Waals surface area (Å²) in [6.07, 6.45) is 15.8. The number of Topliss-reactive ketones (excluding diaryl/α,β-unsaturated/α-hetero) is 1. The van der Waals surface area contributed by atoms with Gasteiger partial charge in [-0.25, -0.2) is 0 Å². The van der Waals surface area contributed by atoms with Gasteiger partial charge in [0.1, 0.15) is 5.78 Å². The molecule has 0 aliphatic heterocycles. The molecule has 12 unspecified atom stereocenters. The Balaban J connectivity index is 1.47. The zero-order valence-corrected chi connectivity index (χ0v) is 26.2. The van der Waals surface area contributed by atoms with Crippen molar-refractivity contribution in [3.8, 4) is 0 Å². The summed E-state index contributed by atoms with van der Waals surface area (Å²) in [4.78, 5) is 13.6. The molecule has 5 aliphatic rings. The Hall–Kier alpha value is -0.670. The lowest BCUT2D eigenvalue weighted by atomic mass is 9.31. The molecule has 5 rings (SSSR count). The molecule has 0 spiro atoms. The highest BCUT2D eigenvalue weighted by atomic mass is 16.6.